The molecule has 0 amide bonds. The van der Waals surface area contributed by atoms with Crippen molar-refractivity contribution in [1.29, 1.82) is 5.26 Å². The minimum atomic E-state index is -0.547. The van der Waals surface area contributed by atoms with Gasteiger partial charge in [-0.1, -0.05) is 6.07 Å². The van der Waals surface area contributed by atoms with Gasteiger partial charge in [-0.25, -0.2) is 4.39 Å². The molecule has 0 aliphatic rings. The van der Waals surface area contributed by atoms with Gasteiger partial charge in [0.15, 0.2) is 0 Å². The highest BCUT2D eigenvalue weighted by atomic mass is 19.1. The molecule has 0 saturated carbocycles. The Kier molecular flexibility index (Phi) is 3.60. The topological polar surface area (TPSA) is 77.4 Å². The lowest BCUT2D eigenvalue weighted by atomic mass is 10.1. The van der Waals surface area contributed by atoms with E-state index in [9.17, 15) is 4.39 Å². The van der Waals surface area contributed by atoms with Crippen molar-refractivity contribution in [2.45, 2.75) is 0 Å². The molecule has 5 nitrogen and oxygen atoms in total. The number of benzene rings is 2. The maximum absolute atomic E-state index is 13.8. The molecule has 2 aromatic carbocycles. The Balaban J connectivity index is 1.78. The van der Waals surface area contributed by atoms with Crippen molar-refractivity contribution in [3.63, 3.8) is 0 Å². The number of aromatic amines is 1. The van der Waals surface area contributed by atoms with Crippen LogP contribution < -0.4 is 5.32 Å². The van der Waals surface area contributed by atoms with E-state index in [1.54, 1.807) is 24.5 Å². The molecule has 4 aromatic rings. The van der Waals surface area contributed by atoms with Crippen LogP contribution in [-0.2, 0) is 0 Å². The zero-order valence-corrected chi connectivity index (χ0v) is 13.0. The molecule has 0 bridgehead atoms. The van der Waals surface area contributed by atoms with Crippen LogP contribution in [0, 0.1) is 17.1 Å². The lowest BCUT2D eigenvalue weighted by Gasteiger charge is -2.09. The third-order valence-corrected chi connectivity index (χ3v) is 3.92. The number of hydrogen-bond acceptors (Lipinski definition) is 4. The summed E-state index contributed by atoms with van der Waals surface area (Å²) in [7, 11) is 0. The van der Waals surface area contributed by atoms with Gasteiger partial charge in [0.25, 0.3) is 0 Å². The lowest BCUT2D eigenvalue weighted by molar-refractivity contribution is 0.624. The largest absolute Gasteiger partial charge is 0.354 e. The highest BCUT2D eigenvalue weighted by molar-refractivity contribution is 5.95. The minimum Gasteiger partial charge on any atom is -0.354 e. The average molecular weight is 329 g/mol. The molecule has 0 radical (unpaired) electrons. The molecule has 0 aliphatic carbocycles. The predicted molar refractivity (Wildman–Crippen MR) is 93.7 cm³/mol. The number of aromatic nitrogens is 3. The van der Waals surface area contributed by atoms with Gasteiger partial charge in [-0.3, -0.25) is 10.1 Å². The number of hydrogen-bond donors (Lipinski definition) is 2. The maximum Gasteiger partial charge on any atom is 0.143 e. The minimum absolute atomic E-state index is 0.0100. The molecule has 0 spiro atoms. The molecule has 120 valence electrons. The second-order valence-electron chi connectivity index (χ2n) is 5.47. The molecule has 2 N–H and O–H groups in total. The monoisotopic (exact) mass is 329 g/mol. The van der Waals surface area contributed by atoms with Crippen LogP contribution in [0.3, 0.4) is 0 Å². The number of halogens is 1. The van der Waals surface area contributed by atoms with E-state index < -0.39 is 5.82 Å². The van der Waals surface area contributed by atoms with Crippen LogP contribution in [0.25, 0.3) is 22.2 Å². The van der Waals surface area contributed by atoms with Crippen molar-refractivity contribution >= 4 is 22.3 Å². The maximum atomic E-state index is 13.8. The summed E-state index contributed by atoms with van der Waals surface area (Å²) in [4.78, 5) is 4.02. The fraction of sp³-hybridized carbons (Fsp3) is 0. The number of fused-ring (bicyclic) bond motifs is 1. The Morgan fingerprint density at radius 1 is 1.08 bits per heavy atom. The Morgan fingerprint density at radius 2 is 1.92 bits per heavy atom. The van der Waals surface area contributed by atoms with Crippen molar-refractivity contribution in [1.82, 2.24) is 15.2 Å². The normalized spacial score (nSPS) is 10.6. The van der Waals surface area contributed by atoms with E-state index in [-0.39, 0.29) is 5.56 Å². The van der Waals surface area contributed by atoms with Gasteiger partial charge in [0.1, 0.15) is 23.1 Å². The molecule has 2 aromatic heterocycles. The number of pyridine rings is 1. The number of anilines is 2. The number of rotatable bonds is 3. The van der Waals surface area contributed by atoms with Crippen LogP contribution in [0.1, 0.15) is 5.56 Å². The first kappa shape index (κ1) is 14.8. The van der Waals surface area contributed by atoms with Gasteiger partial charge in [-0.05, 0) is 42.5 Å². The third kappa shape index (κ3) is 2.68. The summed E-state index contributed by atoms with van der Waals surface area (Å²) in [5.74, 6) is -0.547. The van der Waals surface area contributed by atoms with E-state index in [0.29, 0.717) is 5.69 Å². The smallest absolute Gasteiger partial charge is 0.143 e. The SMILES string of the molecule is N#Cc1c(F)cccc1Nc1ccc2[nH]nc(-c3ccncc3)c2c1. The molecule has 0 fully saturated rings. The summed E-state index contributed by atoms with van der Waals surface area (Å²) < 4.78 is 13.8. The van der Waals surface area contributed by atoms with Crippen LogP contribution in [0.2, 0.25) is 0 Å². The Bertz CT molecular complexity index is 1100. The zero-order chi connectivity index (χ0) is 17.2. The molecule has 6 heteroatoms. The Morgan fingerprint density at radius 3 is 2.72 bits per heavy atom. The van der Waals surface area contributed by atoms with Crippen LogP contribution in [0.5, 0.6) is 0 Å². The number of nitrogens with one attached hydrogen (secondary N) is 2. The van der Waals surface area contributed by atoms with E-state index in [0.717, 1.165) is 27.8 Å². The fourth-order valence-electron chi connectivity index (χ4n) is 2.72. The first-order valence-corrected chi connectivity index (χ1v) is 7.60. The number of H-pyrrole nitrogens is 1. The highest BCUT2D eigenvalue weighted by Gasteiger charge is 2.11. The summed E-state index contributed by atoms with van der Waals surface area (Å²) in [6.07, 6.45) is 3.42. The molecule has 25 heavy (non-hydrogen) atoms. The fourth-order valence-corrected chi connectivity index (χ4v) is 2.72. The molecule has 4 rings (SSSR count). The van der Waals surface area contributed by atoms with E-state index in [1.165, 1.54) is 6.07 Å². The average Bonchev–Trinajstić information content (AvgIpc) is 3.06. The standard InChI is InChI=1S/C19H12FN5/c20-16-2-1-3-17(15(16)11-21)23-13-4-5-18-14(10-13)19(25-24-18)12-6-8-22-9-7-12/h1-10,23H,(H,24,25). The summed E-state index contributed by atoms with van der Waals surface area (Å²) in [6.45, 7) is 0. The van der Waals surface area contributed by atoms with Gasteiger partial charge in [0.2, 0.25) is 0 Å². The van der Waals surface area contributed by atoms with Crippen molar-refractivity contribution in [3.05, 3.63) is 72.3 Å². The van der Waals surface area contributed by atoms with Gasteiger partial charge in [0, 0.05) is 29.0 Å². The van der Waals surface area contributed by atoms with E-state index in [4.69, 9.17) is 5.26 Å². The molecular weight excluding hydrogens is 317 g/mol. The van der Waals surface area contributed by atoms with Gasteiger partial charge in [-0.15, -0.1) is 0 Å². The first-order chi connectivity index (χ1) is 12.3. The molecule has 2 heterocycles. The van der Waals surface area contributed by atoms with Crippen molar-refractivity contribution in [2.24, 2.45) is 0 Å². The second kappa shape index (κ2) is 6.06. The summed E-state index contributed by atoms with van der Waals surface area (Å²) in [5, 5.41) is 20.6. The number of nitrogens with zero attached hydrogens (tertiary/aromatic N) is 3. The third-order valence-electron chi connectivity index (χ3n) is 3.92. The summed E-state index contributed by atoms with van der Waals surface area (Å²) in [5.41, 5.74) is 3.80. The molecule has 0 atom stereocenters. The van der Waals surface area contributed by atoms with Crippen molar-refractivity contribution in [2.75, 3.05) is 5.32 Å². The lowest BCUT2D eigenvalue weighted by Crippen LogP contribution is -1.96. The second-order valence-corrected chi connectivity index (χ2v) is 5.47. The molecule has 0 aliphatic heterocycles. The number of nitriles is 1. The first-order valence-electron chi connectivity index (χ1n) is 7.60. The molecular formula is C19H12FN5. The Labute approximate surface area is 142 Å². The van der Waals surface area contributed by atoms with Gasteiger partial charge in [0.05, 0.1) is 11.2 Å². The van der Waals surface area contributed by atoms with E-state index in [1.807, 2.05) is 36.4 Å². The quantitative estimate of drug-likeness (QED) is 0.585. The van der Waals surface area contributed by atoms with E-state index >= 15 is 0 Å². The summed E-state index contributed by atoms with van der Waals surface area (Å²) >= 11 is 0. The molecule has 0 unspecified atom stereocenters. The van der Waals surface area contributed by atoms with Crippen LogP contribution in [-0.4, -0.2) is 15.2 Å². The van der Waals surface area contributed by atoms with Crippen molar-refractivity contribution < 1.29 is 4.39 Å². The Hall–Kier alpha value is -3.72. The van der Waals surface area contributed by atoms with E-state index in [2.05, 4.69) is 20.5 Å². The van der Waals surface area contributed by atoms with Gasteiger partial charge in [-0.2, -0.15) is 10.4 Å². The van der Waals surface area contributed by atoms with Gasteiger partial charge >= 0.3 is 0 Å². The highest BCUT2D eigenvalue weighted by Crippen LogP contribution is 2.30. The van der Waals surface area contributed by atoms with Crippen LogP contribution in [0.4, 0.5) is 15.8 Å². The van der Waals surface area contributed by atoms with Crippen LogP contribution >= 0.6 is 0 Å². The van der Waals surface area contributed by atoms with Gasteiger partial charge < -0.3 is 5.32 Å². The van der Waals surface area contributed by atoms with Crippen molar-refractivity contribution in [3.8, 4) is 17.3 Å². The summed E-state index contributed by atoms with van der Waals surface area (Å²) in [6, 6.07) is 15.8. The van der Waals surface area contributed by atoms with Crippen LogP contribution in [0.15, 0.2) is 60.9 Å². The molecule has 0 saturated heterocycles. The zero-order valence-electron chi connectivity index (χ0n) is 13.0. The predicted octanol–water partition coefficient (Wildman–Crippen LogP) is 4.38.